The fourth-order valence-corrected chi connectivity index (χ4v) is 4.20. The third-order valence-corrected chi connectivity index (χ3v) is 5.74. The molecule has 29 heavy (non-hydrogen) atoms. The van der Waals surface area contributed by atoms with Crippen molar-refractivity contribution in [2.24, 2.45) is 0 Å². The first kappa shape index (κ1) is 19.1. The average molecular weight is 392 g/mol. The molecule has 7 heteroatoms. The lowest BCUT2D eigenvalue weighted by molar-refractivity contribution is -0.131. The third kappa shape index (κ3) is 3.85. The van der Waals surface area contributed by atoms with Gasteiger partial charge in [0.15, 0.2) is 0 Å². The number of hydrogen-bond donors (Lipinski definition) is 2. The first-order valence-corrected chi connectivity index (χ1v) is 9.97. The number of benzene rings is 1. The summed E-state index contributed by atoms with van der Waals surface area (Å²) in [5.74, 6) is -0.412. The second-order valence-electron chi connectivity index (χ2n) is 7.62. The second-order valence-corrected chi connectivity index (χ2v) is 7.62. The van der Waals surface area contributed by atoms with Crippen LogP contribution in [0.2, 0.25) is 0 Å². The Morgan fingerprint density at radius 1 is 1.07 bits per heavy atom. The van der Waals surface area contributed by atoms with Gasteiger partial charge in [0, 0.05) is 25.4 Å². The zero-order chi connectivity index (χ0) is 20.3. The molecule has 4 rings (SSSR count). The molecular weight excluding hydrogens is 368 g/mol. The summed E-state index contributed by atoms with van der Waals surface area (Å²) in [6.45, 7) is 0.0795. The largest absolute Gasteiger partial charge is 0.345 e. The molecule has 1 spiro atoms. The molecule has 0 radical (unpaired) electrons. The van der Waals surface area contributed by atoms with Gasteiger partial charge in [-0.3, -0.25) is 19.5 Å². The maximum Gasteiger partial charge on any atom is 0.325 e. The molecule has 1 aromatic carbocycles. The second kappa shape index (κ2) is 8.03. The fraction of sp³-hybridized carbons (Fsp3) is 0.364. The number of hydrogen-bond acceptors (Lipinski definition) is 4. The number of carbonyl (C=O) groups excluding carboxylic acids is 3. The lowest BCUT2D eigenvalue weighted by atomic mass is 9.98. The monoisotopic (exact) mass is 392 g/mol. The van der Waals surface area contributed by atoms with E-state index in [-0.39, 0.29) is 30.8 Å². The number of nitrogens with zero attached hydrogens (tertiary/aromatic N) is 2. The van der Waals surface area contributed by atoms with Crippen LogP contribution in [-0.2, 0) is 9.59 Å². The van der Waals surface area contributed by atoms with E-state index < -0.39 is 11.6 Å². The molecule has 1 saturated carbocycles. The minimum atomic E-state index is -0.739. The van der Waals surface area contributed by atoms with E-state index in [0.717, 1.165) is 24.0 Å². The van der Waals surface area contributed by atoms with Crippen LogP contribution in [0.4, 0.5) is 4.79 Å². The summed E-state index contributed by atoms with van der Waals surface area (Å²) < 4.78 is 0. The zero-order valence-corrected chi connectivity index (χ0v) is 16.1. The molecule has 0 bridgehead atoms. The molecule has 2 N–H and O–H groups in total. The summed E-state index contributed by atoms with van der Waals surface area (Å²) in [5.41, 5.74) is 1.13. The summed E-state index contributed by atoms with van der Waals surface area (Å²) in [7, 11) is 0. The Hall–Kier alpha value is -3.22. The van der Waals surface area contributed by atoms with Crippen molar-refractivity contribution in [2.45, 2.75) is 43.7 Å². The Bertz CT molecular complexity index is 855. The van der Waals surface area contributed by atoms with Crippen molar-refractivity contribution in [2.75, 3.05) is 6.54 Å². The number of carbonyl (C=O) groups is 3. The standard InChI is InChI=1S/C22H24N4O3/c27-18(10-15-26-20(28)22(25-21(26)29)11-4-5-12-22)24-19(16-6-2-1-3-7-16)17-8-13-23-14-9-17/h1-3,6-9,13-14,19H,4-5,10-12,15H2,(H,24,27)(H,25,29). The lowest BCUT2D eigenvalue weighted by Gasteiger charge is -2.21. The number of rotatable bonds is 6. The van der Waals surface area contributed by atoms with E-state index in [1.165, 1.54) is 4.90 Å². The molecule has 2 fully saturated rings. The van der Waals surface area contributed by atoms with Gasteiger partial charge in [-0.2, -0.15) is 0 Å². The van der Waals surface area contributed by atoms with E-state index >= 15 is 0 Å². The molecule has 1 atom stereocenters. The molecule has 2 aliphatic rings. The first-order chi connectivity index (χ1) is 14.1. The summed E-state index contributed by atoms with van der Waals surface area (Å²) >= 11 is 0. The molecule has 1 aromatic heterocycles. The molecule has 1 aliphatic carbocycles. The van der Waals surface area contributed by atoms with Crippen molar-refractivity contribution < 1.29 is 14.4 Å². The number of urea groups is 1. The Kier molecular flexibility index (Phi) is 5.29. The predicted molar refractivity (Wildman–Crippen MR) is 107 cm³/mol. The van der Waals surface area contributed by atoms with Crippen LogP contribution in [0, 0.1) is 0 Å². The van der Waals surface area contributed by atoms with Gasteiger partial charge in [-0.05, 0) is 36.1 Å². The van der Waals surface area contributed by atoms with E-state index in [2.05, 4.69) is 15.6 Å². The molecule has 1 saturated heterocycles. The summed E-state index contributed by atoms with van der Waals surface area (Å²) in [6.07, 6.45) is 6.66. The summed E-state index contributed by atoms with van der Waals surface area (Å²) in [5, 5.41) is 5.87. The van der Waals surface area contributed by atoms with Gasteiger partial charge < -0.3 is 10.6 Å². The molecule has 1 aliphatic heterocycles. The number of pyridine rings is 1. The highest BCUT2D eigenvalue weighted by molar-refractivity contribution is 6.07. The van der Waals surface area contributed by atoms with Crippen LogP contribution in [0.25, 0.3) is 0 Å². The van der Waals surface area contributed by atoms with Crippen LogP contribution in [-0.4, -0.2) is 39.8 Å². The lowest BCUT2D eigenvalue weighted by Crippen LogP contribution is -2.44. The summed E-state index contributed by atoms with van der Waals surface area (Å²) in [6, 6.07) is 12.7. The van der Waals surface area contributed by atoms with Crippen molar-refractivity contribution in [1.29, 1.82) is 0 Å². The van der Waals surface area contributed by atoms with Gasteiger partial charge in [-0.1, -0.05) is 43.2 Å². The van der Waals surface area contributed by atoms with Gasteiger partial charge in [0.2, 0.25) is 5.91 Å². The Labute approximate surface area is 169 Å². The van der Waals surface area contributed by atoms with Crippen molar-refractivity contribution >= 4 is 17.8 Å². The molecule has 7 nitrogen and oxygen atoms in total. The highest BCUT2D eigenvalue weighted by Crippen LogP contribution is 2.35. The van der Waals surface area contributed by atoms with Crippen LogP contribution in [0.15, 0.2) is 54.9 Å². The van der Waals surface area contributed by atoms with Crippen LogP contribution in [0.3, 0.4) is 0 Å². The van der Waals surface area contributed by atoms with Crippen LogP contribution in [0.1, 0.15) is 49.3 Å². The first-order valence-electron chi connectivity index (χ1n) is 9.97. The number of nitrogens with one attached hydrogen (secondary N) is 2. The minimum absolute atomic E-state index is 0.0592. The topological polar surface area (TPSA) is 91.4 Å². The van der Waals surface area contributed by atoms with E-state index in [0.29, 0.717) is 12.8 Å². The Balaban J connectivity index is 1.42. The van der Waals surface area contributed by atoms with Gasteiger partial charge in [-0.25, -0.2) is 4.79 Å². The average Bonchev–Trinajstić information content (AvgIpc) is 3.31. The maximum atomic E-state index is 12.7. The fourth-order valence-electron chi connectivity index (χ4n) is 4.20. The van der Waals surface area contributed by atoms with Crippen LogP contribution < -0.4 is 10.6 Å². The van der Waals surface area contributed by atoms with Crippen LogP contribution >= 0.6 is 0 Å². The van der Waals surface area contributed by atoms with Gasteiger partial charge in [0.05, 0.1) is 6.04 Å². The van der Waals surface area contributed by atoms with Crippen molar-refractivity contribution in [3.05, 3.63) is 66.0 Å². The Morgan fingerprint density at radius 2 is 1.72 bits per heavy atom. The van der Waals surface area contributed by atoms with Gasteiger partial charge >= 0.3 is 6.03 Å². The number of aromatic nitrogens is 1. The molecular formula is C22H24N4O3. The highest BCUT2D eigenvalue weighted by Gasteiger charge is 2.52. The van der Waals surface area contributed by atoms with E-state index in [1.54, 1.807) is 12.4 Å². The number of amides is 4. The van der Waals surface area contributed by atoms with Gasteiger partial charge in [0.1, 0.15) is 5.54 Å². The Morgan fingerprint density at radius 3 is 2.41 bits per heavy atom. The third-order valence-electron chi connectivity index (χ3n) is 5.74. The predicted octanol–water partition coefficient (Wildman–Crippen LogP) is 2.54. The van der Waals surface area contributed by atoms with Crippen LogP contribution in [0.5, 0.6) is 0 Å². The molecule has 150 valence electrons. The van der Waals surface area contributed by atoms with Crippen molar-refractivity contribution in [1.82, 2.24) is 20.5 Å². The van der Waals surface area contributed by atoms with E-state index in [1.807, 2.05) is 42.5 Å². The smallest absolute Gasteiger partial charge is 0.325 e. The van der Waals surface area contributed by atoms with E-state index in [9.17, 15) is 14.4 Å². The maximum absolute atomic E-state index is 12.7. The normalized spacial score (nSPS) is 18.7. The SMILES string of the molecule is O=C(CCN1C(=O)NC2(CCCC2)C1=O)NC(c1ccccc1)c1ccncc1. The highest BCUT2D eigenvalue weighted by atomic mass is 16.2. The zero-order valence-electron chi connectivity index (χ0n) is 16.1. The minimum Gasteiger partial charge on any atom is -0.345 e. The van der Waals surface area contributed by atoms with Crippen molar-refractivity contribution in [3.8, 4) is 0 Å². The van der Waals surface area contributed by atoms with Gasteiger partial charge in [-0.15, -0.1) is 0 Å². The molecule has 2 heterocycles. The quantitative estimate of drug-likeness (QED) is 0.739. The molecule has 2 aromatic rings. The van der Waals surface area contributed by atoms with Gasteiger partial charge in [0.25, 0.3) is 5.91 Å². The van der Waals surface area contributed by atoms with Crippen molar-refractivity contribution in [3.63, 3.8) is 0 Å². The van der Waals surface area contributed by atoms with E-state index in [4.69, 9.17) is 0 Å². The summed E-state index contributed by atoms with van der Waals surface area (Å²) in [4.78, 5) is 42.9. The molecule has 4 amide bonds. The number of imide groups is 1. The molecule has 1 unspecified atom stereocenters.